The monoisotopic (exact) mass is 225 g/mol. The van der Waals surface area contributed by atoms with Crippen molar-refractivity contribution in [2.24, 2.45) is 5.92 Å². The van der Waals surface area contributed by atoms with E-state index in [-0.39, 0.29) is 0 Å². The first-order valence-electron chi connectivity index (χ1n) is 5.46. The van der Waals surface area contributed by atoms with Crippen molar-refractivity contribution >= 4 is 6.09 Å². The van der Waals surface area contributed by atoms with Gasteiger partial charge in [-0.15, -0.1) is 10.2 Å². The number of aromatic amines is 1. The zero-order chi connectivity index (χ0) is 11.4. The second-order valence-corrected chi connectivity index (χ2v) is 4.17. The Morgan fingerprint density at radius 3 is 2.75 bits per heavy atom. The quantitative estimate of drug-likeness (QED) is 0.703. The molecule has 1 heterocycles. The number of hydrogen-bond acceptors (Lipinski definition) is 4. The molecule has 1 saturated carbocycles. The Kier molecular flexibility index (Phi) is 3.33. The maximum Gasteiger partial charge on any atom is 0.404 e. The SMILES string of the molecule is O=C(O)NCC1CCC(c2nn[nH]n2)CC1. The molecular weight excluding hydrogens is 210 g/mol. The number of amides is 1. The molecular formula is C9H15N5O2. The van der Waals surface area contributed by atoms with Gasteiger partial charge < -0.3 is 10.4 Å². The smallest absolute Gasteiger partial charge is 0.404 e. The highest BCUT2D eigenvalue weighted by atomic mass is 16.4. The normalized spacial score (nSPS) is 25.2. The van der Waals surface area contributed by atoms with Crippen molar-refractivity contribution in [3.8, 4) is 0 Å². The molecule has 0 atom stereocenters. The number of H-pyrrole nitrogens is 1. The zero-order valence-electron chi connectivity index (χ0n) is 8.89. The number of hydrogen-bond donors (Lipinski definition) is 3. The molecule has 0 radical (unpaired) electrons. The van der Waals surface area contributed by atoms with Gasteiger partial charge in [0.25, 0.3) is 0 Å². The van der Waals surface area contributed by atoms with Gasteiger partial charge >= 0.3 is 6.09 Å². The highest BCUT2D eigenvalue weighted by molar-refractivity contribution is 5.64. The van der Waals surface area contributed by atoms with E-state index in [0.29, 0.717) is 18.4 Å². The van der Waals surface area contributed by atoms with E-state index in [2.05, 4.69) is 25.9 Å². The van der Waals surface area contributed by atoms with E-state index in [4.69, 9.17) is 5.11 Å². The van der Waals surface area contributed by atoms with Crippen molar-refractivity contribution in [1.82, 2.24) is 25.9 Å². The Hall–Kier alpha value is -1.66. The van der Waals surface area contributed by atoms with Crippen LogP contribution < -0.4 is 5.32 Å². The fourth-order valence-electron chi connectivity index (χ4n) is 2.20. The fraction of sp³-hybridized carbons (Fsp3) is 0.778. The van der Waals surface area contributed by atoms with Crippen molar-refractivity contribution < 1.29 is 9.90 Å². The lowest BCUT2D eigenvalue weighted by Gasteiger charge is -2.26. The van der Waals surface area contributed by atoms with Crippen molar-refractivity contribution in [1.29, 1.82) is 0 Å². The van der Waals surface area contributed by atoms with Crippen molar-refractivity contribution in [2.75, 3.05) is 6.54 Å². The zero-order valence-corrected chi connectivity index (χ0v) is 8.89. The predicted octanol–water partition coefficient (Wildman–Crippen LogP) is 0.741. The number of carbonyl (C=O) groups is 1. The van der Waals surface area contributed by atoms with Crippen LogP contribution >= 0.6 is 0 Å². The van der Waals surface area contributed by atoms with E-state index < -0.39 is 6.09 Å². The van der Waals surface area contributed by atoms with Gasteiger partial charge in [-0.3, -0.25) is 0 Å². The second-order valence-electron chi connectivity index (χ2n) is 4.17. The maximum atomic E-state index is 10.3. The molecule has 7 nitrogen and oxygen atoms in total. The second kappa shape index (κ2) is 4.91. The molecule has 1 aromatic heterocycles. The van der Waals surface area contributed by atoms with E-state index in [1.165, 1.54) is 0 Å². The molecule has 1 fully saturated rings. The molecule has 0 spiro atoms. The van der Waals surface area contributed by atoms with E-state index in [1.54, 1.807) is 0 Å². The van der Waals surface area contributed by atoms with Crippen LogP contribution in [0.3, 0.4) is 0 Å². The highest BCUT2D eigenvalue weighted by Gasteiger charge is 2.24. The third kappa shape index (κ3) is 2.68. The summed E-state index contributed by atoms with van der Waals surface area (Å²) in [6.07, 6.45) is 3.09. The van der Waals surface area contributed by atoms with Crippen LogP contribution in [-0.4, -0.2) is 38.4 Å². The fourth-order valence-corrected chi connectivity index (χ4v) is 2.20. The third-order valence-corrected chi connectivity index (χ3v) is 3.12. The van der Waals surface area contributed by atoms with Gasteiger partial charge in [0.1, 0.15) is 0 Å². The summed E-state index contributed by atoms with van der Waals surface area (Å²) in [5, 5.41) is 24.9. The molecule has 0 saturated heterocycles. The van der Waals surface area contributed by atoms with E-state index in [0.717, 1.165) is 31.5 Å². The van der Waals surface area contributed by atoms with Crippen LogP contribution in [0, 0.1) is 5.92 Å². The average molecular weight is 225 g/mol. The summed E-state index contributed by atoms with van der Waals surface area (Å²) in [6.45, 7) is 0.550. The van der Waals surface area contributed by atoms with Gasteiger partial charge in [-0.1, -0.05) is 5.21 Å². The van der Waals surface area contributed by atoms with E-state index >= 15 is 0 Å². The summed E-state index contributed by atoms with van der Waals surface area (Å²) in [7, 11) is 0. The molecule has 7 heteroatoms. The number of nitrogens with one attached hydrogen (secondary N) is 2. The minimum Gasteiger partial charge on any atom is -0.465 e. The first-order valence-corrected chi connectivity index (χ1v) is 5.46. The summed E-state index contributed by atoms with van der Waals surface area (Å²) in [5.74, 6) is 1.60. The molecule has 88 valence electrons. The van der Waals surface area contributed by atoms with E-state index in [1.807, 2.05) is 0 Å². The first kappa shape index (κ1) is 10.8. The largest absolute Gasteiger partial charge is 0.465 e. The molecule has 2 rings (SSSR count). The molecule has 0 aliphatic heterocycles. The Morgan fingerprint density at radius 1 is 1.44 bits per heavy atom. The molecule has 1 amide bonds. The van der Waals surface area contributed by atoms with Crippen LogP contribution in [0.2, 0.25) is 0 Å². The van der Waals surface area contributed by atoms with Crippen LogP contribution in [-0.2, 0) is 0 Å². The Morgan fingerprint density at radius 2 is 2.19 bits per heavy atom. The third-order valence-electron chi connectivity index (χ3n) is 3.12. The minimum absolute atomic E-state index is 0.375. The number of nitrogens with zero attached hydrogens (tertiary/aromatic N) is 3. The molecule has 1 aromatic rings. The highest BCUT2D eigenvalue weighted by Crippen LogP contribution is 2.33. The van der Waals surface area contributed by atoms with Crippen LogP contribution in [0.4, 0.5) is 4.79 Å². The molecule has 1 aliphatic carbocycles. The summed E-state index contributed by atoms with van der Waals surface area (Å²) >= 11 is 0. The molecule has 1 aliphatic rings. The van der Waals surface area contributed by atoms with E-state index in [9.17, 15) is 4.79 Å². The van der Waals surface area contributed by atoms with Crippen LogP contribution in [0.5, 0.6) is 0 Å². The lowest BCUT2D eigenvalue weighted by atomic mass is 9.81. The lowest BCUT2D eigenvalue weighted by molar-refractivity contribution is 0.189. The summed E-state index contributed by atoms with van der Waals surface area (Å²) in [5.41, 5.74) is 0. The molecule has 3 N–H and O–H groups in total. The Bertz CT molecular complexity index is 332. The first-order chi connectivity index (χ1) is 7.75. The van der Waals surface area contributed by atoms with Crippen molar-refractivity contribution in [3.63, 3.8) is 0 Å². The Balaban J connectivity index is 1.76. The van der Waals surface area contributed by atoms with Crippen molar-refractivity contribution in [3.05, 3.63) is 5.82 Å². The summed E-state index contributed by atoms with van der Waals surface area (Å²) < 4.78 is 0. The van der Waals surface area contributed by atoms with Gasteiger partial charge in [0, 0.05) is 12.5 Å². The number of tetrazole rings is 1. The van der Waals surface area contributed by atoms with Gasteiger partial charge in [-0.25, -0.2) is 4.79 Å². The van der Waals surface area contributed by atoms with Gasteiger partial charge in [0.15, 0.2) is 5.82 Å². The topological polar surface area (TPSA) is 104 Å². The molecule has 16 heavy (non-hydrogen) atoms. The predicted molar refractivity (Wildman–Crippen MR) is 54.9 cm³/mol. The van der Waals surface area contributed by atoms with Gasteiger partial charge in [0.2, 0.25) is 0 Å². The molecule has 0 unspecified atom stereocenters. The Labute approximate surface area is 92.6 Å². The lowest BCUT2D eigenvalue weighted by Crippen LogP contribution is -2.29. The number of aromatic nitrogens is 4. The van der Waals surface area contributed by atoms with Crippen LogP contribution in [0.15, 0.2) is 0 Å². The number of carboxylic acid groups (broad SMARTS) is 1. The maximum absolute atomic E-state index is 10.3. The van der Waals surface area contributed by atoms with Crippen molar-refractivity contribution in [2.45, 2.75) is 31.6 Å². The molecule has 0 aromatic carbocycles. The van der Waals surface area contributed by atoms with Gasteiger partial charge in [-0.2, -0.15) is 5.21 Å². The number of rotatable bonds is 3. The average Bonchev–Trinajstić information content (AvgIpc) is 2.80. The minimum atomic E-state index is -0.944. The van der Waals surface area contributed by atoms with Gasteiger partial charge in [0.05, 0.1) is 0 Å². The van der Waals surface area contributed by atoms with Crippen LogP contribution in [0.25, 0.3) is 0 Å². The summed E-state index contributed by atoms with van der Waals surface area (Å²) in [6, 6.07) is 0. The standard InChI is InChI=1S/C9H15N5O2/c15-9(16)10-5-6-1-3-7(4-2-6)8-11-13-14-12-8/h6-7,10H,1-5H2,(H,15,16)(H,11,12,13,14). The summed E-state index contributed by atoms with van der Waals surface area (Å²) in [4.78, 5) is 10.3. The molecule has 0 bridgehead atoms. The van der Waals surface area contributed by atoms with Crippen LogP contribution in [0.1, 0.15) is 37.4 Å². The van der Waals surface area contributed by atoms with Gasteiger partial charge in [-0.05, 0) is 31.6 Å².